The number of fused-ring (bicyclic) bond motifs is 1. The molecule has 0 N–H and O–H groups in total. The molecule has 0 aromatic heterocycles. The highest BCUT2D eigenvalue weighted by Crippen LogP contribution is 2.50. The molecule has 2 aliphatic rings. The van der Waals surface area contributed by atoms with E-state index in [2.05, 4.69) is 0 Å². The molecule has 2 rings (SSSR count). The molecule has 2 unspecified atom stereocenters. The van der Waals surface area contributed by atoms with Crippen molar-refractivity contribution in [3.63, 3.8) is 0 Å². The van der Waals surface area contributed by atoms with Gasteiger partial charge in [0.2, 0.25) is 0 Å². The summed E-state index contributed by atoms with van der Waals surface area (Å²) >= 11 is 0. The Kier molecular flexibility index (Phi) is 2.76. The van der Waals surface area contributed by atoms with Crippen molar-refractivity contribution in [2.75, 3.05) is 0 Å². The van der Waals surface area contributed by atoms with Crippen LogP contribution in [0.4, 0.5) is 4.79 Å². The van der Waals surface area contributed by atoms with Crippen molar-refractivity contribution in [2.24, 2.45) is 0 Å². The van der Waals surface area contributed by atoms with E-state index in [0.717, 1.165) is 6.42 Å². The Bertz CT molecular complexity index is 423. The molecule has 1 heterocycles. The molecule has 0 aromatic carbocycles. The van der Waals surface area contributed by atoms with Crippen LogP contribution < -0.4 is 0 Å². The number of ketones is 2. The first-order chi connectivity index (χ1) is 8.21. The average molecular weight is 253 g/mol. The summed E-state index contributed by atoms with van der Waals surface area (Å²) in [6.45, 7) is 6.67. The van der Waals surface area contributed by atoms with Gasteiger partial charge in [0.15, 0.2) is 17.1 Å². The fraction of sp³-hybridized carbons (Fsp3) is 0.769. The van der Waals surface area contributed by atoms with Crippen molar-refractivity contribution in [1.82, 2.24) is 4.90 Å². The topological polar surface area (TPSA) is 63.5 Å². The number of rotatable bonds is 1. The smallest absolute Gasteiger partial charge is 0.411 e. The van der Waals surface area contributed by atoms with E-state index >= 15 is 0 Å². The number of nitrogens with zero attached hydrogens (tertiary/aromatic N) is 1. The molecule has 0 spiro atoms. The Morgan fingerprint density at radius 2 is 2.00 bits per heavy atom. The second-order valence-corrected chi connectivity index (χ2v) is 6.00. The fourth-order valence-electron chi connectivity index (χ4n) is 2.84. The van der Waals surface area contributed by atoms with Crippen LogP contribution in [-0.2, 0) is 14.3 Å². The van der Waals surface area contributed by atoms with Gasteiger partial charge >= 0.3 is 6.09 Å². The molecule has 1 aliphatic heterocycles. The van der Waals surface area contributed by atoms with Crippen LogP contribution in [-0.4, -0.2) is 39.7 Å². The van der Waals surface area contributed by atoms with Gasteiger partial charge in [-0.3, -0.25) is 14.5 Å². The second kappa shape index (κ2) is 3.80. The second-order valence-electron chi connectivity index (χ2n) is 6.00. The quantitative estimate of drug-likeness (QED) is 0.527. The highest BCUT2D eigenvalue weighted by atomic mass is 16.6. The van der Waals surface area contributed by atoms with E-state index in [-0.39, 0.29) is 17.6 Å². The van der Waals surface area contributed by atoms with Crippen LogP contribution in [0.3, 0.4) is 0 Å². The van der Waals surface area contributed by atoms with Crippen molar-refractivity contribution < 1.29 is 19.1 Å². The van der Waals surface area contributed by atoms with E-state index in [1.807, 2.05) is 0 Å². The summed E-state index contributed by atoms with van der Waals surface area (Å²) in [6.07, 6.45) is 1.25. The number of Topliss-reactive ketones (excluding diaryl/α,β-unsaturated/α-hetero) is 2. The minimum atomic E-state index is -1.21. The van der Waals surface area contributed by atoms with Gasteiger partial charge in [-0.15, -0.1) is 0 Å². The van der Waals surface area contributed by atoms with Crippen molar-refractivity contribution in [1.29, 1.82) is 0 Å². The number of amides is 1. The minimum absolute atomic E-state index is 0.142. The summed E-state index contributed by atoms with van der Waals surface area (Å²) in [5.41, 5.74) is -1.83. The van der Waals surface area contributed by atoms with E-state index in [1.165, 1.54) is 11.8 Å². The van der Waals surface area contributed by atoms with Crippen LogP contribution in [0, 0.1) is 0 Å². The van der Waals surface area contributed by atoms with Gasteiger partial charge in [-0.25, -0.2) is 4.79 Å². The molecular weight excluding hydrogens is 234 g/mol. The molecule has 2 fully saturated rings. The zero-order chi connectivity index (χ0) is 13.7. The van der Waals surface area contributed by atoms with Gasteiger partial charge < -0.3 is 4.74 Å². The average Bonchev–Trinajstić information content (AvgIpc) is 2.86. The van der Waals surface area contributed by atoms with Crippen molar-refractivity contribution in [2.45, 2.75) is 64.1 Å². The lowest BCUT2D eigenvalue weighted by molar-refractivity contribution is -0.132. The van der Waals surface area contributed by atoms with Crippen LogP contribution in [0.25, 0.3) is 0 Å². The number of likely N-dealkylation sites (tertiary alicyclic amines) is 1. The van der Waals surface area contributed by atoms with E-state index in [1.54, 1.807) is 20.8 Å². The molecule has 2 atom stereocenters. The maximum atomic E-state index is 12.0. The van der Waals surface area contributed by atoms with Gasteiger partial charge in [0.05, 0.1) is 6.04 Å². The molecule has 100 valence electrons. The van der Waals surface area contributed by atoms with Crippen LogP contribution in [0.2, 0.25) is 0 Å². The van der Waals surface area contributed by atoms with Crippen molar-refractivity contribution >= 4 is 17.7 Å². The fourth-order valence-corrected chi connectivity index (χ4v) is 2.84. The number of ether oxygens (including phenoxy) is 1. The van der Waals surface area contributed by atoms with Crippen molar-refractivity contribution in [3.05, 3.63) is 0 Å². The summed E-state index contributed by atoms with van der Waals surface area (Å²) in [5.74, 6) is -0.389. The van der Waals surface area contributed by atoms with Crippen molar-refractivity contribution in [3.8, 4) is 0 Å². The third-order valence-electron chi connectivity index (χ3n) is 3.54. The van der Waals surface area contributed by atoms with Crippen LogP contribution >= 0.6 is 0 Å². The molecular formula is C13H19NO4. The maximum Gasteiger partial charge on any atom is 0.411 e. The molecule has 0 radical (unpaired) electrons. The molecule has 1 saturated carbocycles. The van der Waals surface area contributed by atoms with Gasteiger partial charge in [-0.05, 0) is 40.5 Å². The van der Waals surface area contributed by atoms with Gasteiger partial charge in [-0.1, -0.05) is 0 Å². The largest absolute Gasteiger partial charge is 0.444 e. The molecule has 0 bridgehead atoms. The highest BCUT2D eigenvalue weighted by molar-refractivity contribution is 6.18. The molecule has 1 saturated heterocycles. The lowest BCUT2D eigenvalue weighted by Gasteiger charge is -2.21. The van der Waals surface area contributed by atoms with E-state index in [4.69, 9.17) is 4.74 Å². The molecule has 5 heteroatoms. The Balaban J connectivity index is 2.23. The van der Waals surface area contributed by atoms with Crippen LogP contribution in [0.5, 0.6) is 0 Å². The van der Waals surface area contributed by atoms with Crippen LogP contribution in [0.15, 0.2) is 0 Å². The lowest BCUT2D eigenvalue weighted by atomic mass is 9.85. The predicted octanol–water partition coefficient (Wildman–Crippen LogP) is 1.69. The number of hydrogen-bond donors (Lipinski definition) is 0. The normalized spacial score (nSPS) is 30.8. The first kappa shape index (κ1) is 13.1. The third kappa shape index (κ3) is 1.72. The molecule has 18 heavy (non-hydrogen) atoms. The van der Waals surface area contributed by atoms with Gasteiger partial charge in [0, 0.05) is 6.42 Å². The molecule has 5 nitrogen and oxygen atoms in total. The molecule has 1 aliphatic carbocycles. The Hall–Kier alpha value is -1.39. The predicted molar refractivity (Wildman–Crippen MR) is 64.1 cm³/mol. The van der Waals surface area contributed by atoms with E-state index < -0.39 is 17.2 Å². The third-order valence-corrected chi connectivity index (χ3v) is 3.54. The minimum Gasteiger partial charge on any atom is -0.444 e. The number of carbonyl (C=O) groups excluding carboxylic acids is 3. The summed E-state index contributed by atoms with van der Waals surface area (Å²) in [5, 5.41) is 0. The summed E-state index contributed by atoms with van der Waals surface area (Å²) in [7, 11) is 0. The summed E-state index contributed by atoms with van der Waals surface area (Å²) in [4.78, 5) is 37.2. The highest BCUT2D eigenvalue weighted by Gasteiger charge is 2.74. The zero-order valence-corrected chi connectivity index (χ0v) is 11.3. The van der Waals surface area contributed by atoms with E-state index in [9.17, 15) is 14.4 Å². The Labute approximate surface area is 106 Å². The first-order valence-corrected chi connectivity index (χ1v) is 6.28. The maximum absolute atomic E-state index is 12.0. The summed E-state index contributed by atoms with van der Waals surface area (Å²) < 4.78 is 5.26. The number of hydrogen-bond acceptors (Lipinski definition) is 4. The SMILES string of the molecule is CC(=O)C12C(=O)CCCC1N2C(=O)OC(C)(C)C. The van der Waals surface area contributed by atoms with Gasteiger partial charge in [-0.2, -0.15) is 0 Å². The lowest BCUT2D eigenvalue weighted by Crippen LogP contribution is -2.41. The Morgan fingerprint density at radius 3 is 2.44 bits per heavy atom. The van der Waals surface area contributed by atoms with E-state index in [0.29, 0.717) is 12.8 Å². The number of carbonyl (C=O) groups is 3. The first-order valence-electron chi connectivity index (χ1n) is 6.28. The Morgan fingerprint density at radius 1 is 1.39 bits per heavy atom. The monoisotopic (exact) mass is 253 g/mol. The molecule has 0 aromatic rings. The summed E-state index contributed by atoms with van der Waals surface area (Å²) in [6, 6.07) is -0.286. The van der Waals surface area contributed by atoms with Gasteiger partial charge in [0.25, 0.3) is 0 Å². The standard InChI is InChI=1S/C13H19NO4/c1-8(15)13-9(6-5-7-10(13)16)14(13)11(17)18-12(2,3)4/h9H,5-7H2,1-4H3. The molecule has 1 amide bonds. The van der Waals surface area contributed by atoms with Gasteiger partial charge in [0.1, 0.15) is 5.60 Å². The zero-order valence-electron chi connectivity index (χ0n) is 11.3. The van der Waals surface area contributed by atoms with Crippen LogP contribution in [0.1, 0.15) is 47.0 Å².